The summed E-state index contributed by atoms with van der Waals surface area (Å²) >= 11 is 0. The smallest absolute Gasteiger partial charge is 0.278 e. The molecule has 150 valence electrons. The second kappa shape index (κ2) is 7.56. The van der Waals surface area contributed by atoms with Gasteiger partial charge in [0.1, 0.15) is 5.52 Å². The summed E-state index contributed by atoms with van der Waals surface area (Å²) in [5.41, 5.74) is -0.502. The van der Waals surface area contributed by atoms with E-state index < -0.39 is 17.4 Å². The first-order valence-corrected chi connectivity index (χ1v) is 9.14. The molecular weight excluding hydrogens is 391 g/mol. The van der Waals surface area contributed by atoms with Crippen LogP contribution < -0.4 is 5.69 Å². The molecule has 0 bridgehead atoms. The van der Waals surface area contributed by atoms with Crippen LogP contribution in [0.15, 0.2) is 71.5 Å². The highest BCUT2D eigenvalue weighted by atomic mass is 19.4. The lowest BCUT2D eigenvalue weighted by atomic mass is 10.1. The topological polar surface area (TPSA) is 39.8 Å². The Hall–Kier alpha value is -3.79. The standard InChI is InChI=1S/C23H16F3N3O/c1-2-13-28-20-18(23(24,25)26)14-19(17-11-7-4-8-12-17)27-21(20)29(22(28)30)15-16-9-5-3-6-10-16/h1,3-12,14H,13,15H2. The highest BCUT2D eigenvalue weighted by molar-refractivity contribution is 5.81. The zero-order chi connectivity index (χ0) is 21.3. The van der Waals surface area contributed by atoms with Gasteiger partial charge in [0.25, 0.3) is 0 Å². The molecule has 0 N–H and O–H groups in total. The molecule has 0 aliphatic rings. The zero-order valence-electron chi connectivity index (χ0n) is 15.7. The van der Waals surface area contributed by atoms with E-state index in [1.54, 1.807) is 54.6 Å². The number of alkyl halides is 3. The minimum absolute atomic E-state index is 0.0484. The minimum Gasteiger partial charge on any atom is -0.278 e. The molecule has 0 unspecified atom stereocenters. The van der Waals surface area contributed by atoms with Crippen molar-refractivity contribution in [3.05, 3.63) is 88.3 Å². The van der Waals surface area contributed by atoms with Crippen molar-refractivity contribution in [2.45, 2.75) is 19.3 Å². The number of imidazole rings is 1. The van der Waals surface area contributed by atoms with Crippen LogP contribution in [-0.4, -0.2) is 14.1 Å². The maximum absolute atomic E-state index is 14.0. The summed E-state index contributed by atoms with van der Waals surface area (Å²) in [6, 6.07) is 18.5. The fourth-order valence-electron chi connectivity index (χ4n) is 3.43. The van der Waals surface area contributed by atoms with Crippen molar-refractivity contribution in [2.75, 3.05) is 0 Å². The largest absolute Gasteiger partial charge is 0.418 e. The summed E-state index contributed by atoms with van der Waals surface area (Å²) in [5, 5.41) is 0. The Morgan fingerprint density at radius 2 is 1.60 bits per heavy atom. The molecule has 2 heterocycles. The molecule has 4 rings (SSSR count). The van der Waals surface area contributed by atoms with Gasteiger partial charge in [-0.15, -0.1) is 6.42 Å². The third kappa shape index (κ3) is 3.48. The van der Waals surface area contributed by atoms with Crippen LogP contribution in [0.5, 0.6) is 0 Å². The fourth-order valence-corrected chi connectivity index (χ4v) is 3.43. The van der Waals surface area contributed by atoms with Gasteiger partial charge >= 0.3 is 11.9 Å². The number of pyridine rings is 1. The molecule has 0 saturated carbocycles. The van der Waals surface area contributed by atoms with Gasteiger partial charge in [-0.2, -0.15) is 13.2 Å². The Morgan fingerprint density at radius 3 is 2.20 bits per heavy atom. The number of benzene rings is 2. The van der Waals surface area contributed by atoms with E-state index in [4.69, 9.17) is 6.42 Å². The van der Waals surface area contributed by atoms with E-state index in [-0.39, 0.29) is 29.9 Å². The number of hydrogen-bond acceptors (Lipinski definition) is 2. The highest BCUT2D eigenvalue weighted by Crippen LogP contribution is 2.36. The van der Waals surface area contributed by atoms with Gasteiger partial charge in [0.05, 0.1) is 24.3 Å². The lowest BCUT2D eigenvalue weighted by Gasteiger charge is -2.12. The molecule has 0 radical (unpaired) electrons. The highest BCUT2D eigenvalue weighted by Gasteiger charge is 2.36. The van der Waals surface area contributed by atoms with Crippen molar-refractivity contribution in [1.29, 1.82) is 0 Å². The molecule has 2 aromatic carbocycles. The lowest BCUT2D eigenvalue weighted by Crippen LogP contribution is -2.25. The Bertz CT molecular complexity index is 1300. The molecule has 0 aliphatic carbocycles. The quantitative estimate of drug-likeness (QED) is 0.465. The SMILES string of the molecule is C#CCn1c(=O)n(Cc2ccccc2)c2nc(-c3ccccc3)cc(C(F)(F)F)c21. The van der Waals surface area contributed by atoms with Crippen LogP contribution in [0, 0.1) is 12.3 Å². The van der Waals surface area contributed by atoms with Crippen molar-refractivity contribution in [3.63, 3.8) is 0 Å². The second-order valence-electron chi connectivity index (χ2n) is 6.74. The summed E-state index contributed by atoms with van der Waals surface area (Å²) in [6.07, 6.45) is 0.654. The fraction of sp³-hybridized carbons (Fsp3) is 0.130. The van der Waals surface area contributed by atoms with Crippen LogP contribution in [0.2, 0.25) is 0 Å². The molecule has 2 aromatic heterocycles. The van der Waals surface area contributed by atoms with Gasteiger partial charge in [0, 0.05) is 5.56 Å². The predicted octanol–water partition coefficient (Wildman–Crippen LogP) is 4.57. The number of fused-ring (bicyclic) bond motifs is 1. The number of terminal acetylenes is 1. The zero-order valence-corrected chi connectivity index (χ0v) is 15.7. The van der Waals surface area contributed by atoms with E-state index in [1.807, 2.05) is 6.07 Å². The molecule has 0 amide bonds. The number of nitrogens with zero attached hydrogens (tertiary/aromatic N) is 3. The summed E-state index contributed by atoms with van der Waals surface area (Å²) in [4.78, 5) is 17.5. The van der Waals surface area contributed by atoms with Crippen LogP contribution >= 0.6 is 0 Å². The van der Waals surface area contributed by atoms with Crippen molar-refractivity contribution in [2.24, 2.45) is 0 Å². The Kier molecular flexibility index (Phi) is 4.92. The van der Waals surface area contributed by atoms with E-state index >= 15 is 0 Å². The van der Waals surface area contributed by atoms with Crippen LogP contribution in [0.25, 0.3) is 22.4 Å². The monoisotopic (exact) mass is 407 g/mol. The molecule has 7 heteroatoms. The maximum Gasteiger partial charge on any atom is 0.418 e. The van der Waals surface area contributed by atoms with Crippen molar-refractivity contribution >= 4 is 11.2 Å². The van der Waals surface area contributed by atoms with Crippen LogP contribution in [0.4, 0.5) is 13.2 Å². The van der Waals surface area contributed by atoms with Gasteiger partial charge < -0.3 is 0 Å². The van der Waals surface area contributed by atoms with Crippen molar-refractivity contribution in [1.82, 2.24) is 14.1 Å². The first kappa shape index (κ1) is 19.5. The molecule has 4 nitrogen and oxygen atoms in total. The normalized spacial score (nSPS) is 11.5. The second-order valence-corrected chi connectivity index (χ2v) is 6.74. The summed E-state index contributed by atoms with van der Waals surface area (Å²) < 4.78 is 44.2. The average molecular weight is 407 g/mol. The third-order valence-corrected chi connectivity index (χ3v) is 4.77. The minimum atomic E-state index is -4.69. The van der Waals surface area contributed by atoms with Gasteiger partial charge in [0.2, 0.25) is 0 Å². The summed E-state index contributed by atoms with van der Waals surface area (Å²) in [5.74, 6) is 2.27. The van der Waals surface area contributed by atoms with Crippen LogP contribution in [-0.2, 0) is 19.3 Å². The molecule has 0 fully saturated rings. The van der Waals surface area contributed by atoms with Crippen molar-refractivity contribution in [3.8, 4) is 23.6 Å². The first-order chi connectivity index (χ1) is 14.4. The third-order valence-electron chi connectivity index (χ3n) is 4.77. The number of halogens is 3. The molecule has 0 atom stereocenters. The molecule has 0 spiro atoms. The molecule has 0 saturated heterocycles. The van der Waals surface area contributed by atoms with E-state index in [1.165, 1.54) is 4.57 Å². The van der Waals surface area contributed by atoms with E-state index in [0.29, 0.717) is 5.56 Å². The van der Waals surface area contributed by atoms with E-state index in [9.17, 15) is 18.0 Å². The molecular formula is C23H16F3N3O. The summed E-state index contributed by atoms with van der Waals surface area (Å²) in [6.45, 7) is -0.206. The van der Waals surface area contributed by atoms with Gasteiger partial charge in [-0.1, -0.05) is 66.6 Å². The van der Waals surface area contributed by atoms with E-state index in [2.05, 4.69) is 10.9 Å². The van der Waals surface area contributed by atoms with Crippen molar-refractivity contribution < 1.29 is 13.2 Å². The van der Waals surface area contributed by atoms with Crippen LogP contribution in [0.1, 0.15) is 11.1 Å². The van der Waals surface area contributed by atoms with E-state index in [0.717, 1.165) is 16.2 Å². The van der Waals surface area contributed by atoms with Gasteiger partial charge in [0.15, 0.2) is 5.65 Å². The van der Waals surface area contributed by atoms with Crippen LogP contribution in [0.3, 0.4) is 0 Å². The van der Waals surface area contributed by atoms with Gasteiger partial charge in [-0.25, -0.2) is 9.78 Å². The predicted molar refractivity (Wildman–Crippen MR) is 109 cm³/mol. The number of hydrogen-bond donors (Lipinski definition) is 0. The molecule has 0 aliphatic heterocycles. The molecule has 4 aromatic rings. The number of rotatable bonds is 4. The Morgan fingerprint density at radius 1 is 0.967 bits per heavy atom. The first-order valence-electron chi connectivity index (χ1n) is 9.14. The Balaban J connectivity index is 2.07. The average Bonchev–Trinajstić information content (AvgIpc) is 3.00. The maximum atomic E-state index is 14.0. The lowest BCUT2D eigenvalue weighted by molar-refractivity contribution is -0.136. The summed E-state index contributed by atoms with van der Waals surface area (Å²) in [7, 11) is 0. The van der Waals surface area contributed by atoms with Gasteiger partial charge in [-0.3, -0.25) is 9.13 Å². The van der Waals surface area contributed by atoms with Gasteiger partial charge in [-0.05, 0) is 11.6 Å². The Labute approximate surface area is 170 Å². The molecule has 30 heavy (non-hydrogen) atoms. The number of aromatic nitrogens is 3.